The van der Waals surface area contributed by atoms with Crippen LogP contribution in [-0.2, 0) is 17.5 Å². The van der Waals surface area contributed by atoms with Gasteiger partial charge in [0.2, 0.25) is 5.91 Å². The third-order valence-electron chi connectivity index (χ3n) is 5.29. The van der Waals surface area contributed by atoms with Gasteiger partial charge in [-0.05, 0) is 50.5 Å². The van der Waals surface area contributed by atoms with Crippen LogP contribution in [0.5, 0.6) is 0 Å². The number of nitrogens with one attached hydrogen (secondary N) is 1. The van der Waals surface area contributed by atoms with Gasteiger partial charge in [-0.1, -0.05) is 25.3 Å². The minimum atomic E-state index is -4.54. The fourth-order valence-corrected chi connectivity index (χ4v) is 3.77. The topological polar surface area (TPSA) is 72.9 Å². The van der Waals surface area contributed by atoms with Crippen LogP contribution in [0.2, 0.25) is 0 Å². The van der Waals surface area contributed by atoms with E-state index in [4.69, 9.17) is 5.73 Å². The lowest BCUT2D eigenvalue weighted by molar-refractivity contribution is -0.138. The molecule has 0 saturated heterocycles. The van der Waals surface area contributed by atoms with Crippen LogP contribution >= 0.6 is 0 Å². The number of alkyl halides is 3. The summed E-state index contributed by atoms with van der Waals surface area (Å²) in [6.07, 6.45) is -0.691. The van der Waals surface area contributed by atoms with Gasteiger partial charge in [-0.2, -0.15) is 18.3 Å². The molecule has 0 unspecified atom stereocenters. The summed E-state index contributed by atoms with van der Waals surface area (Å²) in [4.78, 5) is 12.5. The number of hydrogen-bond donors (Lipinski definition) is 2. The Balaban J connectivity index is 1.84. The van der Waals surface area contributed by atoms with Crippen molar-refractivity contribution in [1.29, 1.82) is 0 Å². The average Bonchev–Trinajstić information content (AvgIpc) is 2.97. The Morgan fingerprint density at radius 2 is 1.89 bits per heavy atom. The Bertz CT molecular complexity index is 867. The van der Waals surface area contributed by atoms with Gasteiger partial charge in [0.25, 0.3) is 0 Å². The number of halogens is 3. The van der Waals surface area contributed by atoms with E-state index in [0.29, 0.717) is 18.5 Å². The lowest BCUT2D eigenvalue weighted by atomic mass is 9.82. The van der Waals surface area contributed by atoms with Crippen molar-refractivity contribution in [3.8, 4) is 5.69 Å². The van der Waals surface area contributed by atoms with Crippen LogP contribution in [-0.4, -0.2) is 21.2 Å². The molecule has 8 heteroatoms. The second-order valence-electron chi connectivity index (χ2n) is 7.58. The number of carbonyl (C=O) groups is 1. The second kappa shape index (κ2) is 7.58. The number of hydrogen-bond acceptors (Lipinski definition) is 3. The first kappa shape index (κ1) is 20.4. The van der Waals surface area contributed by atoms with Crippen LogP contribution in [0.4, 0.5) is 13.2 Å². The lowest BCUT2D eigenvalue weighted by Crippen LogP contribution is -2.54. The van der Waals surface area contributed by atoms with Crippen LogP contribution in [0.1, 0.15) is 54.6 Å². The molecular weight excluding hydrogens is 369 g/mol. The van der Waals surface area contributed by atoms with Crippen molar-refractivity contribution < 1.29 is 18.0 Å². The number of nitrogens with zero attached hydrogens (tertiary/aromatic N) is 2. The van der Waals surface area contributed by atoms with E-state index in [9.17, 15) is 18.0 Å². The zero-order valence-electron chi connectivity index (χ0n) is 16.1. The van der Waals surface area contributed by atoms with Gasteiger partial charge in [-0.3, -0.25) is 4.79 Å². The molecular formula is C20H25F3N4O. The zero-order valence-corrected chi connectivity index (χ0v) is 16.1. The molecule has 0 aliphatic heterocycles. The van der Waals surface area contributed by atoms with Gasteiger partial charge in [0, 0.05) is 12.2 Å². The van der Waals surface area contributed by atoms with E-state index in [2.05, 4.69) is 10.4 Å². The summed E-state index contributed by atoms with van der Waals surface area (Å²) in [7, 11) is 0. The smallest absolute Gasteiger partial charge is 0.350 e. The lowest BCUT2D eigenvalue weighted by Gasteiger charge is -2.32. The maximum Gasteiger partial charge on any atom is 0.416 e. The highest BCUT2D eigenvalue weighted by molar-refractivity contribution is 5.86. The quantitative estimate of drug-likeness (QED) is 0.829. The van der Waals surface area contributed by atoms with Gasteiger partial charge in [0.1, 0.15) is 0 Å². The summed E-state index contributed by atoms with van der Waals surface area (Å²) in [6, 6.07) is 5.83. The number of aryl methyl sites for hydroxylation is 2. The Morgan fingerprint density at radius 1 is 1.21 bits per heavy atom. The van der Waals surface area contributed by atoms with Gasteiger partial charge in [-0.25, -0.2) is 4.68 Å². The summed E-state index contributed by atoms with van der Waals surface area (Å²) in [6.45, 7) is 3.35. The first-order valence-electron chi connectivity index (χ1n) is 9.41. The maximum absolute atomic E-state index is 13.6. The Hall–Kier alpha value is -2.35. The molecule has 1 aliphatic rings. The molecule has 1 heterocycles. The predicted molar refractivity (Wildman–Crippen MR) is 99.9 cm³/mol. The molecule has 28 heavy (non-hydrogen) atoms. The highest BCUT2D eigenvalue weighted by Gasteiger charge is 2.37. The molecule has 5 nitrogen and oxygen atoms in total. The van der Waals surface area contributed by atoms with Gasteiger partial charge in [-0.15, -0.1) is 0 Å². The SMILES string of the molecule is Cc1cc(C)n(-c2ccc(CNC(=O)C3(N)CCCCC3)c(C(F)(F)F)c2)n1. The number of benzene rings is 1. The van der Waals surface area contributed by atoms with Crippen molar-refractivity contribution in [2.45, 2.75) is 64.2 Å². The summed E-state index contributed by atoms with van der Waals surface area (Å²) in [5, 5.41) is 6.85. The Morgan fingerprint density at radius 3 is 2.46 bits per heavy atom. The highest BCUT2D eigenvalue weighted by Crippen LogP contribution is 2.34. The third-order valence-corrected chi connectivity index (χ3v) is 5.29. The van der Waals surface area contributed by atoms with Crippen LogP contribution in [0.3, 0.4) is 0 Å². The molecule has 0 atom stereocenters. The number of nitrogens with two attached hydrogens (primary N) is 1. The highest BCUT2D eigenvalue weighted by atomic mass is 19.4. The van der Waals surface area contributed by atoms with Crippen LogP contribution in [0, 0.1) is 13.8 Å². The molecule has 152 valence electrons. The van der Waals surface area contributed by atoms with E-state index in [-0.39, 0.29) is 18.0 Å². The maximum atomic E-state index is 13.6. The van der Waals surface area contributed by atoms with E-state index in [1.54, 1.807) is 26.0 Å². The molecule has 1 saturated carbocycles. The predicted octanol–water partition coefficient (Wildman–Crippen LogP) is 3.79. The molecule has 0 radical (unpaired) electrons. The molecule has 1 aromatic carbocycles. The Labute approximate surface area is 162 Å². The largest absolute Gasteiger partial charge is 0.416 e. The van der Waals surface area contributed by atoms with Crippen molar-refractivity contribution in [2.24, 2.45) is 5.73 Å². The molecule has 1 aromatic heterocycles. The first-order valence-corrected chi connectivity index (χ1v) is 9.41. The standard InChI is InChI=1S/C20H25F3N4O/c1-13-10-14(2)27(26-13)16-7-6-15(17(11-16)20(21,22)23)12-25-18(28)19(24)8-4-3-5-9-19/h6-7,10-11H,3-5,8-9,12,24H2,1-2H3,(H,25,28). The van der Waals surface area contributed by atoms with E-state index < -0.39 is 17.3 Å². The van der Waals surface area contributed by atoms with Crippen LogP contribution < -0.4 is 11.1 Å². The fraction of sp³-hybridized carbons (Fsp3) is 0.500. The summed E-state index contributed by atoms with van der Waals surface area (Å²) in [5.41, 5.74) is 6.20. The van der Waals surface area contributed by atoms with Crippen molar-refractivity contribution in [3.63, 3.8) is 0 Å². The molecule has 1 aliphatic carbocycles. The molecule has 3 rings (SSSR count). The van der Waals surface area contributed by atoms with Gasteiger partial charge >= 0.3 is 6.18 Å². The summed E-state index contributed by atoms with van der Waals surface area (Å²) >= 11 is 0. The van der Waals surface area contributed by atoms with Crippen molar-refractivity contribution >= 4 is 5.91 Å². The van der Waals surface area contributed by atoms with E-state index >= 15 is 0 Å². The van der Waals surface area contributed by atoms with E-state index in [1.165, 1.54) is 10.7 Å². The number of amides is 1. The minimum Gasteiger partial charge on any atom is -0.350 e. The molecule has 0 spiro atoms. The second-order valence-corrected chi connectivity index (χ2v) is 7.58. The zero-order chi connectivity index (χ0) is 20.5. The monoisotopic (exact) mass is 394 g/mol. The third kappa shape index (κ3) is 4.22. The summed E-state index contributed by atoms with van der Waals surface area (Å²) in [5.74, 6) is -0.386. The minimum absolute atomic E-state index is 0.00513. The number of rotatable bonds is 4. The van der Waals surface area contributed by atoms with Crippen LogP contribution in [0.25, 0.3) is 5.69 Å². The first-order chi connectivity index (χ1) is 13.1. The van der Waals surface area contributed by atoms with Crippen molar-refractivity contribution in [1.82, 2.24) is 15.1 Å². The van der Waals surface area contributed by atoms with E-state index in [0.717, 1.165) is 36.7 Å². The molecule has 1 amide bonds. The number of aromatic nitrogens is 2. The number of carbonyl (C=O) groups excluding carboxylic acids is 1. The van der Waals surface area contributed by atoms with Gasteiger partial charge < -0.3 is 11.1 Å². The van der Waals surface area contributed by atoms with Gasteiger partial charge in [0.05, 0.1) is 22.5 Å². The molecule has 1 fully saturated rings. The van der Waals surface area contributed by atoms with Crippen molar-refractivity contribution in [3.05, 3.63) is 46.8 Å². The Kier molecular flexibility index (Phi) is 5.52. The molecule has 3 N–H and O–H groups in total. The van der Waals surface area contributed by atoms with Gasteiger partial charge in [0.15, 0.2) is 0 Å². The molecule has 2 aromatic rings. The molecule has 0 bridgehead atoms. The average molecular weight is 394 g/mol. The fourth-order valence-electron chi connectivity index (χ4n) is 3.77. The van der Waals surface area contributed by atoms with E-state index in [1.807, 2.05) is 0 Å². The van der Waals surface area contributed by atoms with Crippen LogP contribution in [0.15, 0.2) is 24.3 Å². The summed E-state index contributed by atoms with van der Waals surface area (Å²) < 4.78 is 42.4. The van der Waals surface area contributed by atoms with Crippen molar-refractivity contribution in [2.75, 3.05) is 0 Å². The normalized spacial score (nSPS) is 16.8.